The Labute approximate surface area is 375 Å². The lowest BCUT2D eigenvalue weighted by molar-refractivity contribution is 0.396. The van der Waals surface area contributed by atoms with Crippen LogP contribution in [0.2, 0.25) is 0 Å². The van der Waals surface area contributed by atoms with E-state index in [4.69, 9.17) is 0 Å². The normalized spacial score (nSPS) is 21.3. The molecule has 5 aromatic carbocycles. The minimum atomic E-state index is -0.234. The van der Waals surface area contributed by atoms with E-state index in [2.05, 4.69) is 222 Å². The summed E-state index contributed by atoms with van der Waals surface area (Å²) < 4.78 is 0. The zero-order valence-electron chi connectivity index (χ0n) is 41.5. The van der Waals surface area contributed by atoms with E-state index in [1.165, 1.54) is 82.8 Å². The van der Waals surface area contributed by atoms with E-state index in [0.717, 1.165) is 0 Å². The molecule has 4 atom stereocenters. The van der Waals surface area contributed by atoms with Crippen LogP contribution in [-0.4, -0.2) is 0 Å². The van der Waals surface area contributed by atoms with Crippen molar-refractivity contribution in [2.75, 3.05) is 0 Å². The first-order valence-corrected chi connectivity index (χ1v) is 23.8. The van der Waals surface area contributed by atoms with Gasteiger partial charge in [0.15, 0.2) is 0 Å². The van der Waals surface area contributed by atoms with E-state index in [1.54, 1.807) is 16.7 Å². The Bertz CT molecular complexity index is 2820. The number of rotatable bonds is 4. The maximum atomic E-state index is 2.62. The van der Waals surface area contributed by atoms with Crippen molar-refractivity contribution in [3.8, 4) is 0 Å². The van der Waals surface area contributed by atoms with Crippen LogP contribution < -0.4 is 0 Å². The zero-order chi connectivity index (χ0) is 45.0. The molecule has 62 heavy (non-hydrogen) atoms. The fourth-order valence-corrected chi connectivity index (χ4v) is 12.4. The predicted octanol–water partition coefficient (Wildman–Crippen LogP) is 17.6. The summed E-state index contributed by atoms with van der Waals surface area (Å²) in [7, 11) is 0. The average molecular weight is 819 g/mol. The lowest BCUT2D eigenvalue weighted by Gasteiger charge is -2.46. The van der Waals surface area contributed by atoms with Crippen molar-refractivity contribution in [2.45, 2.75) is 158 Å². The Balaban J connectivity index is 1.20. The van der Waals surface area contributed by atoms with Gasteiger partial charge in [-0.15, -0.1) is 0 Å². The summed E-state index contributed by atoms with van der Waals surface area (Å²) >= 11 is 0. The average Bonchev–Trinajstić information content (AvgIpc) is 3.17. The molecule has 0 saturated carbocycles. The molecular weight excluding hydrogens is 745 g/mol. The molecule has 0 N–H and O–H groups in total. The van der Waals surface area contributed by atoms with Crippen LogP contribution >= 0.6 is 0 Å². The highest BCUT2D eigenvalue weighted by Crippen LogP contribution is 2.58. The Morgan fingerprint density at radius 3 is 1.53 bits per heavy atom. The maximum absolute atomic E-state index is 2.62. The van der Waals surface area contributed by atoms with Gasteiger partial charge in [-0.05, 0) is 122 Å². The van der Waals surface area contributed by atoms with E-state index in [9.17, 15) is 0 Å². The predicted molar refractivity (Wildman–Crippen MR) is 273 cm³/mol. The Morgan fingerprint density at radius 2 is 0.935 bits per heavy atom. The van der Waals surface area contributed by atoms with Crippen molar-refractivity contribution in [1.29, 1.82) is 0 Å². The first-order chi connectivity index (χ1) is 28.6. The number of hydrogen-bond donors (Lipinski definition) is 0. The van der Waals surface area contributed by atoms with Crippen LogP contribution in [0.25, 0.3) is 45.8 Å². The molecule has 9 rings (SSSR count). The largest absolute Gasteiger partial charge is 0.0758 e. The van der Waals surface area contributed by atoms with Gasteiger partial charge in [0.2, 0.25) is 0 Å². The van der Waals surface area contributed by atoms with Crippen molar-refractivity contribution < 1.29 is 0 Å². The molecule has 0 aromatic heterocycles. The highest BCUT2D eigenvalue weighted by Gasteiger charge is 2.44. The SMILES string of the molecule is CC1C(C(C)(C)C)=Cc2cc(C(C)(C)c3ccc(C(C)(C)C4=Cc5cc(C(C)(C)C)cc6ccc7c(c56)C4C(C)C(C(C)(C)C)=C7)cc3)c3cc(C(C)(C)C)cc4c3c2C1C=C4. The molecule has 0 saturated heterocycles. The van der Waals surface area contributed by atoms with Gasteiger partial charge in [0.25, 0.3) is 0 Å². The molecular formula is C62H74. The molecule has 0 fully saturated rings. The number of hydrogen-bond acceptors (Lipinski definition) is 0. The standard InChI is InChI=1S/C62H74/c1-35-46-26-21-38-28-45(58(6,7)8)34-47-50(32-41(55(46)54(38)47)31-48(35)59(9,10)11)61(15,16)42-22-24-43(25-23-42)62(17,18)51-33-40-29-44(57(3,4)5)27-37-19-20-39-30-49(60(12,13)14)36(2)52(51)56(39)53(37)40/h19-36,46,52H,1-18H3. The Hall–Kier alpha value is -4.42. The van der Waals surface area contributed by atoms with E-state index in [-0.39, 0.29) is 32.5 Å². The maximum Gasteiger partial charge on any atom is 0.0152 e. The van der Waals surface area contributed by atoms with Crippen LogP contribution in [0.1, 0.15) is 198 Å². The molecule has 322 valence electrons. The zero-order valence-corrected chi connectivity index (χ0v) is 41.5. The topological polar surface area (TPSA) is 0 Å². The van der Waals surface area contributed by atoms with Crippen molar-refractivity contribution in [3.05, 3.63) is 151 Å². The molecule has 0 amide bonds. The van der Waals surface area contributed by atoms with Crippen LogP contribution in [0.15, 0.2) is 89.5 Å². The summed E-state index contributed by atoms with van der Waals surface area (Å²) in [5.41, 5.74) is 20.2. The van der Waals surface area contributed by atoms with E-state index < -0.39 is 0 Å². The van der Waals surface area contributed by atoms with Crippen molar-refractivity contribution in [2.24, 2.45) is 22.7 Å². The number of allylic oxidation sites excluding steroid dienone is 4. The molecule has 0 spiro atoms. The highest BCUT2D eigenvalue weighted by molar-refractivity contribution is 6.03. The molecule has 0 radical (unpaired) electrons. The molecule has 4 aliphatic carbocycles. The summed E-state index contributed by atoms with van der Waals surface area (Å²) in [5.74, 6) is 1.56. The molecule has 0 aliphatic heterocycles. The fraction of sp³-hybridized carbons (Fsp3) is 0.452. The van der Waals surface area contributed by atoms with Crippen molar-refractivity contribution in [3.63, 3.8) is 0 Å². The molecule has 4 unspecified atom stereocenters. The van der Waals surface area contributed by atoms with E-state index >= 15 is 0 Å². The minimum Gasteiger partial charge on any atom is -0.0758 e. The molecule has 0 heteroatoms. The molecule has 0 nitrogen and oxygen atoms in total. The molecule has 0 bridgehead atoms. The molecule has 4 aliphatic rings. The summed E-state index contributed by atoms with van der Waals surface area (Å²) in [5, 5.41) is 5.74. The fourth-order valence-electron chi connectivity index (χ4n) is 12.4. The van der Waals surface area contributed by atoms with Gasteiger partial charge in [0, 0.05) is 22.7 Å². The highest BCUT2D eigenvalue weighted by atomic mass is 14.5. The second-order valence-electron chi connectivity index (χ2n) is 25.2. The summed E-state index contributed by atoms with van der Waals surface area (Å²) in [4.78, 5) is 0. The van der Waals surface area contributed by atoms with Gasteiger partial charge in [-0.3, -0.25) is 0 Å². The first-order valence-electron chi connectivity index (χ1n) is 23.8. The van der Waals surface area contributed by atoms with Crippen LogP contribution in [-0.2, 0) is 21.7 Å². The number of benzene rings is 5. The van der Waals surface area contributed by atoms with Gasteiger partial charge in [0.05, 0.1) is 0 Å². The van der Waals surface area contributed by atoms with Crippen LogP contribution in [0.4, 0.5) is 0 Å². The van der Waals surface area contributed by atoms with E-state index in [1.807, 2.05) is 0 Å². The second kappa shape index (κ2) is 13.5. The lowest BCUT2D eigenvalue weighted by atomic mass is 9.58. The lowest BCUT2D eigenvalue weighted by Crippen LogP contribution is -2.34. The van der Waals surface area contributed by atoms with Gasteiger partial charge in [-0.1, -0.05) is 232 Å². The minimum absolute atomic E-state index is 0.0424. The summed E-state index contributed by atoms with van der Waals surface area (Å²) in [6.07, 6.45) is 12.7. The summed E-state index contributed by atoms with van der Waals surface area (Å²) in [6, 6.07) is 27.3. The quantitative estimate of drug-likeness (QED) is 0.169. The van der Waals surface area contributed by atoms with E-state index in [0.29, 0.717) is 23.7 Å². The van der Waals surface area contributed by atoms with Crippen LogP contribution in [0.5, 0.6) is 0 Å². The third kappa shape index (κ3) is 6.50. The van der Waals surface area contributed by atoms with Gasteiger partial charge in [0.1, 0.15) is 0 Å². The summed E-state index contributed by atoms with van der Waals surface area (Å²) in [6.45, 7) is 43.4. The smallest absolute Gasteiger partial charge is 0.0152 e. The third-order valence-electron chi connectivity index (χ3n) is 16.2. The first kappa shape index (κ1) is 42.9. The molecule has 5 aromatic rings. The van der Waals surface area contributed by atoms with Crippen LogP contribution in [0, 0.1) is 22.7 Å². The van der Waals surface area contributed by atoms with Crippen molar-refractivity contribution >= 4 is 45.8 Å². The molecule has 0 heterocycles. The van der Waals surface area contributed by atoms with Gasteiger partial charge >= 0.3 is 0 Å². The van der Waals surface area contributed by atoms with Gasteiger partial charge in [-0.25, -0.2) is 0 Å². The Morgan fingerprint density at radius 1 is 0.403 bits per heavy atom. The monoisotopic (exact) mass is 819 g/mol. The van der Waals surface area contributed by atoms with Gasteiger partial charge in [-0.2, -0.15) is 0 Å². The third-order valence-corrected chi connectivity index (χ3v) is 16.2. The second-order valence-corrected chi connectivity index (χ2v) is 25.2. The van der Waals surface area contributed by atoms with Crippen molar-refractivity contribution in [1.82, 2.24) is 0 Å². The van der Waals surface area contributed by atoms with Gasteiger partial charge < -0.3 is 0 Å². The van der Waals surface area contributed by atoms with Crippen LogP contribution in [0.3, 0.4) is 0 Å². The Kier molecular flexibility index (Phi) is 9.37.